The number of halogens is 1. The number of piperidine rings is 1. The number of H-pyrrole nitrogens is 1. The summed E-state index contributed by atoms with van der Waals surface area (Å²) in [7, 11) is -3.49. The van der Waals surface area contributed by atoms with Crippen molar-refractivity contribution in [3.05, 3.63) is 40.2 Å². The van der Waals surface area contributed by atoms with Crippen LogP contribution in [0.2, 0.25) is 0 Å². The Bertz CT molecular complexity index is 1050. The number of aromatic nitrogens is 2. The van der Waals surface area contributed by atoms with Gasteiger partial charge in [0.15, 0.2) is 0 Å². The third-order valence-electron chi connectivity index (χ3n) is 4.60. The first-order valence-electron chi connectivity index (χ1n) is 8.44. The fourth-order valence-electron chi connectivity index (χ4n) is 3.15. The molecule has 1 aliphatic rings. The van der Waals surface area contributed by atoms with Crippen LogP contribution >= 0.6 is 27.3 Å². The van der Waals surface area contributed by atoms with Crippen LogP contribution in [0.4, 0.5) is 5.95 Å². The van der Waals surface area contributed by atoms with Gasteiger partial charge in [-0.1, -0.05) is 12.1 Å². The molecule has 2 N–H and O–H groups in total. The van der Waals surface area contributed by atoms with Gasteiger partial charge in [0.25, 0.3) is 10.0 Å². The molecule has 1 fully saturated rings. The van der Waals surface area contributed by atoms with E-state index in [4.69, 9.17) is 0 Å². The molecule has 27 heavy (non-hydrogen) atoms. The van der Waals surface area contributed by atoms with Crippen molar-refractivity contribution >= 4 is 60.2 Å². The van der Waals surface area contributed by atoms with Gasteiger partial charge in [0.1, 0.15) is 4.21 Å². The maximum atomic E-state index is 12.7. The Hall–Kier alpha value is -1.75. The van der Waals surface area contributed by atoms with Gasteiger partial charge >= 0.3 is 0 Å². The van der Waals surface area contributed by atoms with Crippen LogP contribution < -0.4 is 5.32 Å². The van der Waals surface area contributed by atoms with Gasteiger partial charge in [0.05, 0.1) is 14.8 Å². The van der Waals surface area contributed by atoms with Crippen molar-refractivity contribution < 1.29 is 13.2 Å². The highest BCUT2D eigenvalue weighted by atomic mass is 79.9. The molecule has 0 radical (unpaired) electrons. The second-order valence-electron chi connectivity index (χ2n) is 6.33. The molecule has 1 saturated heterocycles. The van der Waals surface area contributed by atoms with Crippen molar-refractivity contribution in [2.45, 2.75) is 17.1 Å². The van der Waals surface area contributed by atoms with Crippen molar-refractivity contribution in [1.82, 2.24) is 14.3 Å². The number of imidazole rings is 1. The summed E-state index contributed by atoms with van der Waals surface area (Å²) >= 11 is 4.49. The number of aromatic amines is 1. The summed E-state index contributed by atoms with van der Waals surface area (Å²) < 4.78 is 27.9. The number of anilines is 1. The number of carbonyl (C=O) groups is 1. The Labute approximate surface area is 169 Å². The lowest BCUT2D eigenvalue weighted by Crippen LogP contribution is -2.41. The quantitative estimate of drug-likeness (QED) is 0.612. The zero-order valence-electron chi connectivity index (χ0n) is 14.2. The van der Waals surface area contributed by atoms with E-state index in [-0.39, 0.29) is 11.8 Å². The summed E-state index contributed by atoms with van der Waals surface area (Å²) in [6.45, 7) is 0.659. The van der Waals surface area contributed by atoms with Crippen LogP contribution in [-0.4, -0.2) is 41.7 Å². The molecular weight excluding hydrogens is 452 g/mol. The van der Waals surface area contributed by atoms with Crippen LogP contribution in [0.3, 0.4) is 0 Å². The predicted molar refractivity (Wildman–Crippen MR) is 108 cm³/mol. The predicted octanol–water partition coefficient (Wildman–Crippen LogP) is 3.43. The Kier molecular flexibility index (Phi) is 5.06. The molecule has 142 valence electrons. The number of nitrogens with zero attached hydrogens (tertiary/aromatic N) is 2. The highest BCUT2D eigenvalue weighted by Gasteiger charge is 2.33. The van der Waals surface area contributed by atoms with E-state index in [9.17, 15) is 13.2 Å². The van der Waals surface area contributed by atoms with Gasteiger partial charge in [-0.3, -0.25) is 10.1 Å². The van der Waals surface area contributed by atoms with E-state index < -0.39 is 10.0 Å². The van der Waals surface area contributed by atoms with Crippen molar-refractivity contribution in [3.63, 3.8) is 0 Å². The van der Waals surface area contributed by atoms with Gasteiger partial charge in [-0.15, -0.1) is 11.3 Å². The first-order valence-corrected chi connectivity index (χ1v) is 11.5. The van der Waals surface area contributed by atoms with Crippen LogP contribution in [0.25, 0.3) is 11.0 Å². The van der Waals surface area contributed by atoms with Crippen molar-refractivity contribution in [2.24, 2.45) is 5.92 Å². The van der Waals surface area contributed by atoms with Crippen molar-refractivity contribution in [1.29, 1.82) is 0 Å². The molecule has 3 aromatic rings. The highest BCUT2D eigenvalue weighted by molar-refractivity contribution is 9.11. The summed E-state index contributed by atoms with van der Waals surface area (Å²) in [5.74, 6) is 0.0457. The molecular formula is C17H17BrN4O3S2. The number of sulfonamides is 1. The topological polar surface area (TPSA) is 95.2 Å². The van der Waals surface area contributed by atoms with Gasteiger partial charge in [-0.05, 0) is 53.0 Å². The minimum absolute atomic E-state index is 0.134. The Morgan fingerprint density at radius 3 is 2.63 bits per heavy atom. The van der Waals surface area contributed by atoms with Crippen molar-refractivity contribution in [2.75, 3.05) is 18.4 Å². The molecule has 0 saturated carbocycles. The summed E-state index contributed by atoms with van der Waals surface area (Å²) in [4.78, 5) is 19.9. The van der Waals surface area contributed by atoms with Gasteiger partial charge < -0.3 is 4.98 Å². The minimum Gasteiger partial charge on any atom is -0.324 e. The standard InChI is InChI=1S/C17H17BrN4O3S2/c18-14-5-6-15(26-14)27(24,25)22-9-7-11(8-10-22)16(23)21-17-19-12-3-1-2-4-13(12)20-17/h1-6,11H,7-10H2,(H2,19,20,21,23). The van der Waals surface area contributed by atoms with Crippen LogP contribution in [0.15, 0.2) is 44.4 Å². The molecule has 1 amide bonds. The second kappa shape index (κ2) is 7.34. The fourth-order valence-corrected chi connectivity index (χ4v) is 6.79. The number of fused-ring (bicyclic) bond motifs is 1. The third-order valence-corrected chi connectivity index (χ3v) is 8.59. The van der Waals surface area contributed by atoms with Gasteiger partial charge in [0, 0.05) is 19.0 Å². The number of benzene rings is 1. The molecule has 0 unspecified atom stereocenters. The van der Waals surface area contributed by atoms with E-state index in [1.54, 1.807) is 12.1 Å². The summed E-state index contributed by atoms with van der Waals surface area (Å²) in [5, 5.41) is 2.81. The number of hydrogen-bond acceptors (Lipinski definition) is 5. The lowest BCUT2D eigenvalue weighted by atomic mass is 9.97. The minimum atomic E-state index is -3.49. The summed E-state index contributed by atoms with van der Waals surface area (Å²) in [6, 6.07) is 10.9. The largest absolute Gasteiger partial charge is 0.324 e. The molecule has 0 spiro atoms. The van der Waals surface area contributed by atoms with E-state index in [1.807, 2.05) is 24.3 Å². The van der Waals surface area contributed by atoms with E-state index >= 15 is 0 Å². The maximum absolute atomic E-state index is 12.7. The molecule has 0 atom stereocenters. The smallest absolute Gasteiger partial charge is 0.252 e. The van der Waals surface area contributed by atoms with Gasteiger partial charge in [-0.25, -0.2) is 13.4 Å². The zero-order valence-corrected chi connectivity index (χ0v) is 17.4. The summed E-state index contributed by atoms with van der Waals surface area (Å²) in [6.07, 6.45) is 0.968. The monoisotopic (exact) mass is 468 g/mol. The van der Waals surface area contributed by atoms with E-state index in [2.05, 4.69) is 31.2 Å². The van der Waals surface area contributed by atoms with Crippen molar-refractivity contribution in [3.8, 4) is 0 Å². The number of nitrogens with one attached hydrogen (secondary N) is 2. The second-order valence-corrected chi connectivity index (χ2v) is 11.0. The molecule has 4 rings (SSSR count). The Balaban J connectivity index is 1.39. The van der Waals surface area contributed by atoms with E-state index in [0.29, 0.717) is 36.1 Å². The van der Waals surface area contributed by atoms with E-state index in [1.165, 1.54) is 15.6 Å². The molecule has 10 heteroatoms. The normalized spacial score (nSPS) is 16.6. The van der Waals surface area contributed by atoms with Crippen LogP contribution in [-0.2, 0) is 14.8 Å². The molecule has 3 heterocycles. The lowest BCUT2D eigenvalue weighted by molar-refractivity contribution is -0.120. The Morgan fingerprint density at radius 2 is 1.96 bits per heavy atom. The lowest BCUT2D eigenvalue weighted by Gasteiger charge is -2.29. The number of rotatable bonds is 4. The first kappa shape index (κ1) is 18.6. The molecule has 0 bridgehead atoms. The van der Waals surface area contributed by atoms with Crippen LogP contribution in [0, 0.1) is 5.92 Å². The number of para-hydroxylation sites is 2. The number of amides is 1. The number of thiophene rings is 1. The zero-order chi connectivity index (χ0) is 19.0. The van der Waals surface area contributed by atoms with E-state index in [0.717, 1.165) is 14.8 Å². The average molecular weight is 469 g/mol. The molecule has 0 aliphatic carbocycles. The average Bonchev–Trinajstić information content (AvgIpc) is 3.27. The summed E-state index contributed by atoms with van der Waals surface area (Å²) in [5.41, 5.74) is 1.65. The number of hydrogen-bond donors (Lipinski definition) is 2. The van der Waals surface area contributed by atoms with Gasteiger partial charge in [-0.2, -0.15) is 4.31 Å². The first-order chi connectivity index (χ1) is 12.9. The maximum Gasteiger partial charge on any atom is 0.252 e. The third kappa shape index (κ3) is 3.79. The van der Waals surface area contributed by atoms with Gasteiger partial charge in [0.2, 0.25) is 11.9 Å². The van der Waals surface area contributed by atoms with Crippen LogP contribution in [0.5, 0.6) is 0 Å². The highest BCUT2D eigenvalue weighted by Crippen LogP contribution is 2.31. The Morgan fingerprint density at radius 1 is 1.22 bits per heavy atom. The molecule has 7 nitrogen and oxygen atoms in total. The fraction of sp³-hybridized carbons (Fsp3) is 0.294. The SMILES string of the molecule is O=C(Nc1nc2ccccc2[nH]1)C1CCN(S(=O)(=O)c2ccc(Br)s2)CC1. The van der Waals surface area contributed by atoms with Crippen LogP contribution in [0.1, 0.15) is 12.8 Å². The molecule has 2 aromatic heterocycles. The number of carbonyl (C=O) groups excluding carboxylic acids is 1. The molecule has 1 aliphatic heterocycles. The molecule has 1 aromatic carbocycles.